The van der Waals surface area contributed by atoms with E-state index in [1.54, 1.807) is 0 Å². The molecular weight excluding hydrogens is 214 g/mol. The van der Waals surface area contributed by atoms with Crippen LogP contribution >= 0.6 is 11.6 Å². The van der Waals surface area contributed by atoms with Crippen LogP contribution in [0.15, 0.2) is 24.3 Å². The largest absolute Gasteiger partial charge is 0.347 e. The Hall–Kier alpha value is -0.610. The molecule has 82 valence electrons. The number of halogens is 1. The van der Waals surface area contributed by atoms with Crippen LogP contribution in [0.4, 0.5) is 0 Å². The summed E-state index contributed by atoms with van der Waals surface area (Å²) < 4.78 is 11.2. The van der Waals surface area contributed by atoms with Crippen LogP contribution in [0.5, 0.6) is 0 Å². The van der Waals surface area contributed by atoms with E-state index in [1.807, 2.05) is 31.3 Å². The van der Waals surface area contributed by atoms with Crippen molar-refractivity contribution in [2.45, 2.75) is 12.3 Å². The van der Waals surface area contributed by atoms with Crippen LogP contribution in [0.3, 0.4) is 0 Å². The monoisotopic (exact) mass is 227 g/mol. The average molecular weight is 228 g/mol. The molecule has 15 heavy (non-hydrogen) atoms. The number of hydrogen-bond donors (Lipinski definition) is 1. The standard InChI is InChI=1S/C11H14ClNO2/c1-13-10-6-14-11(15-7-10)8-3-2-4-9(12)5-8/h2-5,10-11,13H,6-7H2,1H3. The SMILES string of the molecule is CNC1COC(c2cccc(Cl)c2)OC1. The predicted molar refractivity (Wildman–Crippen MR) is 58.9 cm³/mol. The Bertz CT molecular complexity index is 324. The van der Waals surface area contributed by atoms with E-state index < -0.39 is 0 Å². The molecule has 0 bridgehead atoms. The van der Waals surface area contributed by atoms with Crippen molar-refractivity contribution >= 4 is 11.6 Å². The Labute approximate surface area is 94.3 Å². The van der Waals surface area contributed by atoms with Crippen molar-refractivity contribution in [1.29, 1.82) is 0 Å². The summed E-state index contributed by atoms with van der Waals surface area (Å²) in [7, 11) is 1.90. The molecule has 0 unspecified atom stereocenters. The van der Waals surface area contributed by atoms with Crippen molar-refractivity contribution in [3.8, 4) is 0 Å². The van der Waals surface area contributed by atoms with Gasteiger partial charge in [-0.05, 0) is 19.2 Å². The molecule has 0 amide bonds. The van der Waals surface area contributed by atoms with Crippen LogP contribution in [-0.2, 0) is 9.47 Å². The first-order valence-corrected chi connectivity index (χ1v) is 5.33. The zero-order valence-electron chi connectivity index (χ0n) is 8.57. The van der Waals surface area contributed by atoms with E-state index in [2.05, 4.69) is 5.32 Å². The smallest absolute Gasteiger partial charge is 0.184 e. The maximum absolute atomic E-state index is 5.90. The number of nitrogens with one attached hydrogen (secondary N) is 1. The molecule has 0 saturated carbocycles. The number of likely N-dealkylation sites (N-methyl/N-ethyl adjacent to an activating group) is 1. The molecule has 2 rings (SSSR count). The van der Waals surface area contributed by atoms with Gasteiger partial charge in [-0.2, -0.15) is 0 Å². The van der Waals surface area contributed by atoms with Crippen LogP contribution in [0.1, 0.15) is 11.9 Å². The second kappa shape index (κ2) is 4.94. The summed E-state index contributed by atoms with van der Waals surface area (Å²) in [5.74, 6) is 0. The highest BCUT2D eigenvalue weighted by atomic mass is 35.5. The molecule has 1 saturated heterocycles. The fourth-order valence-corrected chi connectivity index (χ4v) is 1.71. The quantitative estimate of drug-likeness (QED) is 0.838. The molecule has 1 aromatic rings. The Kier molecular flexibility index (Phi) is 3.59. The summed E-state index contributed by atoms with van der Waals surface area (Å²) in [6.07, 6.45) is -0.284. The highest BCUT2D eigenvalue weighted by Gasteiger charge is 2.22. The molecule has 1 heterocycles. The third-order valence-corrected chi connectivity index (χ3v) is 2.66. The van der Waals surface area contributed by atoms with Gasteiger partial charge >= 0.3 is 0 Å². The minimum absolute atomic E-state index is 0.278. The zero-order valence-corrected chi connectivity index (χ0v) is 9.33. The minimum Gasteiger partial charge on any atom is -0.347 e. The Morgan fingerprint density at radius 2 is 2.07 bits per heavy atom. The molecule has 1 aliphatic heterocycles. The van der Waals surface area contributed by atoms with E-state index in [4.69, 9.17) is 21.1 Å². The molecule has 0 aliphatic carbocycles. The lowest BCUT2D eigenvalue weighted by atomic mass is 10.2. The molecule has 3 nitrogen and oxygen atoms in total. The maximum atomic E-state index is 5.90. The van der Waals surface area contributed by atoms with Crippen molar-refractivity contribution < 1.29 is 9.47 Å². The normalized spacial score (nSPS) is 26.5. The van der Waals surface area contributed by atoms with E-state index in [-0.39, 0.29) is 12.3 Å². The number of rotatable bonds is 2. The highest BCUT2D eigenvalue weighted by Crippen LogP contribution is 2.24. The molecular formula is C11H14ClNO2. The van der Waals surface area contributed by atoms with Gasteiger partial charge in [0.05, 0.1) is 19.3 Å². The zero-order chi connectivity index (χ0) is 10.7. The fraction of sp³-hybridized carbons (Fsp3) is 0.455. The minimum atomic E-state index is -0.284. The van der Waals surface area contributed by atoms with Gasteiger partial charge in [0, 0.05) is 10.6 Å². The van der Waals surface area contributed by atoms with Crippen LogP contribution in [0, 0.1) is 0 Å². The Morgan fingerprint density at radius 1 is 1.33 bits per heavy atom. The van der Waals surface area contributed by atoms with Crippen molar-refractivity contribution in [3.63, 3.8) is 0 Å². The molecule has 0 radical (unpaired) electrons. The van der Waals surface area contributed by atoms with Gasteiger partial charge in [-0.3, -0.25) is 0 Å². The predicted octanol–water partition coefficient (Wildman–Crippen LogP) is 1.97. The molecule has 0 atom stereocenters. The van der Waals surface area contributed by atoms with E-state index in [1.165, 1.54) is 0 Å². The van der Waals surface area contributed by atoms with Gasteiger partial charge in [0.15, 0.2) is 6.29 Å². The van der Waals surface area contributed by atoms with Crippen molar-refractivity contribution in [2.75, 3.05) is 20.3 Å². The van der Waals surface area contributed by atoms with Gasteiger partial charge in [-0.1, -0.05) is 23.7 Å². The lowest BCUT2D eigenvalue weighted by molar-refractivity contribution is -0.193. The summed E-state index contributed by atoms with van der Waals surface area (Å²) in [6, 6.07) is 7.83. The van der Waals surface area contributed by atoms with Crippen molar-refractivity contribution in [1.82, 2.24) is 5.32 Å². The molecule has 0 aromatic heterocycles. The molecule has 0 spiro atoms. The summed E-state index contributed by atoms with van der Waals surface area (Å²) in [4.78, 5) is 0. The molecule has 1 aromatic carbocycles. The molecule has 1 N–H and O–H groups in total. The summed E-state index contributed by atoms with van der Waals surface area (Å²) >= 11 is 5.90. The van der Waals surface area contributed by atoms with Gasteiger partial charge in [-0.15, -0.1) is 0 Å². The van der Waals surface area contributed by atoms with Crippen LogP contribution < -0.4 is 5.32 Å². The topological polar surface area (TPSA) is 30.5 Å². The van der Waals surface area contributed by atoms with Crippen LogP contribution in [-0.4, -0.2) is 26.3 Å². The number of ether oxygens (including phenoxy) is 2. The van der Waals surface area contributed by atoms with Crippen LogP contribution in [0.25, 0.3) is 0 Å². The first-order chi connectivity index (χ1) is 7.29. The fourth-order valence-electron chi connectivity index (χ4n) is 1.52. The van der Waals surface area contributed by atoms with E-state index in [9.17, 15) is 0 Å². The van der Waals surface area contributed by atoms with E-state index >= 15 is 0 Å². The van der Waals surface area contributed by atoms with Gasteiger partial charge < -0.3 is 14.8 Å². The molecule has 1 fully saturated rings. The van der Waals surface area contributed by atoms with E-state index in [0.717, 1.165) is 5.56 Å². The summed E-state index contributed by atoms with van der Waals surface area (Å²) in [5.41, 5.74) is 0.969. The van der Waals surface area contributed by atoms with Crippen LogP contribution in [0.2, 0.25) is 5.02 Å². The second-order valence-electron chi connectivity index (χ2n) is 3.54. The lowest BCUT2D eigenvalue weighted by Crippen LogP contribution is -2.40. The first-order valence-electron chi connectivity index (χ1n) is 4.95. The third kappa shape index (κ3) is 2.69. The second-order valence-corrected chi connectivity index (χ2v) is 3.98. The molecule has 4 heteroatoms. The van der Waals surface area contributed by atoms with Gasteiger partial charge in [0.1, 0.15) is 0 Å². The van der Waals surface area contributed by atoms with E-state index in [0.29, 0.717) is 18.2 Å². The van der Waals surface area contributed by atoms with Crippen molar-refractivity contribution in [2.24, 2.45) is 0 Å². The summed E-state index contributed by atoms with van der Waals surface area (Å²) in [5, 5.41) is 3.82. The van der Waals surface area contributed by atoms with Gasteiger partial charge in [0.2, 0.25) is 0 Å². The third-order valence-electron chi connectivity index (χ3n) is 2.43. The van der Waals surface area contributed by atoms with Gasteiger partial charge in [-0.25, -0.2) is 0 Å². The van der Waals surface area contributed by atoms with Crippen molar-refractivity contribution in [3.05, 3.63) is 34.9 Å². The molecule has 1 aliphatic rings. The Balaban J connectivity index is 2.01. The van der Waals surface area contributed by atoms with Gasteiger partial charge in [0.25, 0.3) is 0 Å². The maximum Gasteiger partial charge on any atom is 0.184 e. The first kappa shape index (κ1) is 10.9. The Morgan fingerprint density at radius 3 is 2.67 bits per heavy atom. The average Bonchev–Trinajstić information content (AvgIpc) is 2.29. The summed E-state index contributed by atoms with van der Waals surface area (Å²) in [6.45, 7) is 1.32. The number of benzene rings is 1. The number of hydrogen-bond acceptors (Lipinski definition) is 3. The lowest BCUT2D eigenvalue weighted by Gasteiger charge is -2.29. The highest BCUT2D eigenvalue weighted by molar-refractivity contribution is 6.30.